The Morgan fingerprint density at radius 1 is 0.483 bits per heavy atom. The van der Waals surface area contributed by atoms with Crippen LogP contribution in [0.4, 0.5) is 0 Å². The number of allylic oxidation sites excluding steroid dienone is 3. The van der Waals surface area contributed by atoms with Crippen LogP contribution in [0.2, 0.25) is 0 Å². The molecule has 0 aliphatic heterocycles. The highest BCUT2D eigenvalue weighted by Crippen LogP contribution is 2.51. The van der Waals surface area contributed by atoms with Crippen molar-refractivity contribution in [1.82, 2.24) is 13.5 Å². The Morgan fingerprint density at radius 2 is 1.07 bits per heavy atom. The van der Waals surface area contributed by atoms with Crippen LogP contribution in [0.25, 0.3) is 114 Å². The Kier molecular flexibility index (Phi) is 6.54. The fourth-order valence-corrected chi connectivity index (χ4v) is 12.6. The molecule has 282 valence electrons. The fourth-order valence-electron chi connectivity index (χ4n) is 11.3. The number of thiophene rings is 1. The van der Waals surface area contributed by atoms with Gasteiger partial charge in [0.2, 0.25) is 0 Å². The Balaban J connectivity index is 1.20. The maximum absolute atomic E-state index is 2.67. The number of aryl methyl sites for hydroxylation is 1. The molecule has 13 aromatic rings. The highest BCUT2D eigenvalue weighted by Gasteiger charge is 2.30. The predicted molar refractivity (Wildman–Crippen MR) is 258 cm³/mol. The first-order valence-electron chi connectivity index (χ1n) is 21.2. The van der Waals surface area contributed by atoms with Crippen LogP contribution in [0.15, 0.2) is 175 Å². The van der Waals surface area contributed by atoms with E-state index < -0.39 is 0 Å². The highest BCUT2D eigenvalue weighted by atomic mass is 32.1. The van der Waals surface area contributed by atoms with Crippen molar-refractivity contribution >= 4 is 125 Å². The second kappa shape index (κ2) is 12.0. The van der Waals surface area contributed by atoms with Crippen molar-refractivity contribution in [3.8, 4) is 0 Å². The topological polar surface area (TPSA) is 14.3 Å². The van der Waals surface area contributed by atoms with Crippen LogP contribution in [0.1, 0.15) is 30.2 Å². The minimum Gasteiger partial charge on any atom is -0.309 e. The van der Waals surface area contributed by atoms with Gasteiger partial charge in [0.1, 0.15) is 0 Å². The van der Waals surface area contributed by atoms with E-state index in [1.165, 1.54) is 130 Å². The Hall–Kier alpha value is -7.14. The molecule has 0 atom stereocenters. The molecule has 3 nitrogen and oxygen atoms in total. The molecule has 1 aliphatic rings. The van der Waals surface area contributed by atoms with E-state index in [9.17, 15) is 0 Å². The molecule has 60 heavy (non-hydrogen) atoms. The molecule has 4 heteroatoms. The van der Waals surface area contributed by atoms with E-state index in [0.29, 0.717) is 0 Å². The molecular formula is C56H37N3S. The number of hydrogen-bond acceptors (Lipinski definition) is 1. The van der Waals surface area contributed by atoms with Gasteiger partial charge in [-0.2, -0.15) is 0 Å². The minimum atomic E-state index is 0.865. The van der Waals surface area contributed by atoms with Gasteiger partial charge in [-0.25, -0.2) is 0 Å². The number of fused-ring (bicyclic) bond motifs is 18. The van der Waals surface area contributed by atoms with Gasteiger partial charge in [0.15, 0.2) is 0 Å². The molecule has 0 amide bonds. The van der Waals surface area contributed by atoms with E-state index >= 15 is 0 Å². The highest BCUT2D eigenvalue weighted by molar-refractivity contribution is 7.20. The van der Waals surface area contributed by atoms with Crippen molar-refractivity contribution in [2.45, 2.75) is 26.2 Å². The van der Waals surface area contributed by atoms with Crippen molar-refractivity contribution in [2.24, 2.45) is 0 Å². The SMILES string of the molecule is CCC1=C(\n2c3ccccc3c3ccccc32)c2sc3ccccc3c2CC/C=C\1n1c2ccccc2c2cc3c4ccc5ccccc5c4n4c5ccccc5c(c21)c34. The zero-order chi connectivity index (χ0) is 39.2. The summed E-state index contributed by atoms with van der Waals surface area (Å²) in [5.41, 5.74) is 14.3. The average molecular weight is 784 g/mol. The molecule has 8 aromatic carbocycles. The molecule has 0 saturated carbocycles. The van der Waals surface area contributed by atoms with Crippen LogP contribution in [0.5, 0.6) is 0 Å². The van der Waals surface area contributed by atoms with Crippen molar-refractivity contribution in [1.29, 1.82) is 0 Å². The minimum absolute atomic E-state index is 0.865. The van der Waals surface area contributed by atoms with Crippen molar-refractivity contribution in [2.75, 3.05) is 0 Å². The monoisotopic (exact) mass is 783 g/mol. The Bertz CT molecular complexity index is 3990. The van der Waals surface area contributed by atoms with Crippen molar-refractivity contribution in [3.05, 3.63) is 186 Å². The van der Waals surface area contributed by atoms with E-state index in [2.05, 4.69) is 190 Å². The van der Waals surface area contributed by atoms with Gasteiger partial charge < -0.3 is 13.5 Å². The van der Waals surface area contributed by atoms with Gasteiger partial charge in [-0.15, -0.1) is 11.3 Å². The van der Waals surface area contributed by atoms with Crippen LogP contribution < -0.4 is 0 Å². The summed E-state index contributed by atoms with van der Waals surface area (Å²) >= 11 is 1.96. The average Bonchev–Trinajstić information content (AvgIpc) is 4.09. The lowest BCUT2D eigenvalue weighted by Gasteiger charge is -2.24. The van der Waals surface area contributed by atoms with Crippen LogP contribution in [-0.4, -0.2) is 13.5 Å². The van der Waals surface area contributed by atoms with Gasteiger partial charge in [-0.05, 0) is 72.0 Å². The molecular weight excluding hydrogens is 747 g/mol. The molecule has 0 fully saturated rings. The summed E-state index contributed by atoms with van der Waals surface area (Å²) in [4.78, 5) is 1.38. The summed E-state index contributed by atoms with van der Waals surface area (Å²) in [5.74, 6) is 0. The van der Waals surface area contributed by atoms with Gasteiger partial charge in [0.05, 0.1) is 49.2 Å². The lowest BCUT2D eigenvalue weighted by atomic mass is 9.95. The zero-order valence-corrected chi connectivity index (χ0v) is 33.9. The van der Waals surface area contributed by atoms with E-state index in [1.807, 2.05) is 11.3 Å². The number of aromatic nitrogens is 3. The first-order valence-corrected chi connectivity index (χ1v) is 22.1. The summed E-state index contributed by atoms with van der Waals surface area (Å²) in [6.07, 6.45) is 5.36. The molecule has 0 spiro atoms. The van der Waals surface area contributed by atoms with E-state index in [-0.39, 0.29) is 0 Å². The van der Waals surface area contributed by atoms with Gasteiger partial charge in [-0.1, -0.05) is 140 Å². The van der Waals surface area contributed by atoms with Gasteiger partial charge in [-0.3, -0.25) is 0 Å². The number of benzene rings is 8. The summed E-state index contributed by atoms with van der Waals surface area (Å²) in [7, 11) is 0. The summed E-state index contributed by atoms with van der Waals surface area (Å²) in [5, 5.41) is 14.4. The predicted octanol–water partition coefficient (Wildman–Crippen LogP) is 15.6. The van der Waals surface area contributed by atoms with Crippen molar-refractivity contribution < 1.29 is 0 Å². The molecule has 5 heterocycles. The number of rotatable bonds is 3. The van der Waals surface area contributed by atoms with Gasteiger partial charge >= 0.3 is 0 Å². The van der Waals surface area contributed by atoms with E-state index in [1.54, 1.807) is 0 Å². The Morgan fingerprint density at radius 3 is 1.80 bits per heavy atom. The van der Waals surface area contributed by atoms with Crippen LogP contribution in [0.3, 0.4) is 0 Å². The molecule has 14 rings (SSSR count). The second-order valence-corrected chi connectivity index (χ2v) is 17.6. The summed E-state index contributed by atoms with van der Waals surface area (Å²) in [6.45, 7) is 2.37. The van der Waals surface area contributed by atoms with E-state index in [0.717, 1.165) is 19.3 Å². The van der Waals surface area contributed by atoms with Crippen molar-refractivity contribution in [3.63, 3.8) is 0 Å². The van der Waals surface area contributed by atoms with Gasteiger partial charge in [0.25, 0.3) is 0 Å². The van der Waals surface area contributed by atoms with Crippen LogP contribution in [0, 0.1) is 0 Å². The first-order chi connectivity index (χ1) is 29.8. The largest absolute Gasteiger partial charge is 0.309 e. The molecule has 0 unspecified atom stereocenters. The van der Waals surface area contributed by atoms with Crippen LogP contribution in [-0.2, 0) is 6.42 Å². The normalized spacial score (nSPS) is 16.1. The number of nitrogens with zero attached hydrogens (tertiary/aromatic N) is 3. The third-order valence-corrected chi connectivity index (χ3v) is 14.8. The molecule has 1 aliphatic carbocycles. The van der Waals surface area contributed by atoms with Crippen LogP contribution >= 0.6 is 11.3 Å². The second-order valence-electron chi connectivity index (χ2n) is 16.5. The molecule has 0 radical (unpaired) electrons. The maximum Gasteiger partial charge on any atom is 0.0690 e. The molecule has 5 aromatic heterocycles. The quantitative estimate of drug-likeness (QED) is 0.169. The lowest BCUT2D eigenvalue weighted by Crippen LogP contribution is -2.10. The van der Waals surface area contributed by atoms with E-state index in [4.69, 9.17) is 0 Å². The number of para-hydroxylation sites is 4. The zero-order valence-electron chi connectivity index (χ0n) is 33.0. The summed E-state index contributed by atoms with van der Waals surface area (Å²) < 4.78 is 9.21. The third kappa shape index (κ3) is 4.09. The fraction of sp³-hybridized carbons (Fsp3) is 0.0714. The maximum atomic E-state index is 2.67. The molecule has 0 bridgehead atoms. The number of hydrogen-bond donors (Lipinski definition) is 0. The standard InChI is InChI=1S/C56H37N3S/c1-2-34-45(28-15-23-41-39-21-9-14-29-50(39)60-56(41)55(34)58-46-24-10-5-18-36(46)37-19-6-11-25-47(37)58)57-48-26-12-7-20-38(48)43-32-44-40-31-30-33-16-3-4-17-35(33)52(40)59-49-27-13-8-22-42(49)51(53(43)57)54(44)59/h3-14,16-22,24-32H,2,15,23H2,1H3/b45-28+,55-34+. The molecule has 0 saturated heterocycles. The molecule has 0 N–H and O–H groups in total. The lowest BCUT2D eigenvalue weighted by molar-refractivity contribution is 0.975. The first kappa shape index (κ1) is 32.8. The smallest absolute Gasteiger partial charge is 0.0690 e. The van der Waals surface area contributed by atoms with Gasteiger partial charge in [0, 0.05) is 64.4 Å². The third-order valence-electron chi connectivity index (χ3n) is 13.6. The Labute approximate surface area is 349 Å². The summed E-state index contributed by atoms with van der Waals surface area (Å²) in [6, 6.07) is 61.4.